The number of anilines is 1. The Bertz CT molecular complexity index is 1680. The molecule has 33 heavy (non-hydrogen) atoms. The van der Waals surface area contributed by atoms with Gasteiger partial charge in [0, 0.05) is 34.6 Å². The number of nitrogens with one attached hydrogen (secondary N) is 2. The first-order valence-corrected chi connectivity index (χ1v) is 10.9. The monoisotopic (exact) mass is 452 g/mol. The maximum absolute atomic E-state index is 11.7. The van der Waals surface area contributed by atoms with Crippen LogP contribution in [0.15, 0.2) is 55.0 Å². The van der Waals surface area contributed by atoms with Gasteiger partial charge in [0.2, 0.25) is 0 Å². The Kier molecular flexibility index (Phi) is 4.27. The number of thiophene rings is 1. The zero-order valence-electron chi connectivity index (χ0n) is 17.3. The molecule has 0 amide bonds. The van der Waals surface area contributed by atoms with Crippen molar-refractivity contribution in [1.82, 2.24) is 35.1 Å². The summed E-state index contributed by atoms with van der Waals surface area (Å²) in [7, 11) is 0. The molecule has 0 atom stereocenters. The van der Waals surface area contributed by atoms with E-state index in [1.165, 1.54) is 11.3 Å². The van der Waals surface area contributed by atoms with E-state index in [-0.39, 0.29) is 5.78 Å². The Morgan fingerprint density at radius 3 is 2.82 bits per heavy atom. The molecule has 6 aromatic rings. The van der Waals surface area contributed by atoms with E-state index in [1.54, 1.807) is 25.5 Å². The molecule has 9 nitrogen and oxygen atoms in total. The van der Waals surface area contributed by atoms with Crippen LogP contribution in [0.4, 0.5) is 5.69 Å². The van der Waals surface area contributed by atoms with Crippen LogP contribution in [0.1, 0.15) is 16.6 Å². The number of pyridine rings is 3. The van der Waals surface area contributed by atoms with E-state index in [0.29, 0.717) is 33.2 Å². The van der Waals surface area contributed by atoms with Crippen LogP contribution in [0.2, 0.25) is 0 Å². The van der Waals surface area contributed by atoms with Crippen molar-refractivity contribution in [1.29, 1.82) is 0 Å². The predicted octanol–water partition coefficient (Wildman–Crippen LogP) is 4.47. The lowest BCUT2D eigenvalue weighted by molar-refractivity contribution is 0.102. The van der Waals surface area contributed by atoms with Crippen molar-refractivity contribution in [2.45, 2.75) is 6.92 Å². The molecule has 0 aliphatic carbocycles. The summed E-state index contributed by atoms with van der Waals surface area (Å²) < 4.78 is 0. The van der Waals surface area contributed by atoms with Crippen LogP contribution in [-0.2, 0) is 0 Å². The number of aromatic amines is 2. The number of ketones is 1. The Hall–Kier alpha value is -4.44. The van der Waals surface area contributed by atoms with Gasteiger partial charge in [0.05, 0.1) is 27.3 Å². The van der Waals surface area contributed by atoms with Crippen LogP contribution < -0.4 is 5.73 Å². The van der Waals surface area contributed by atoms with Crippen molar-refractivity contribution >= 4 is 45.0 Å². The molecule has 0 radical (unpaired) electrons. The minimum Gasteiger partial charge on any atom is -0.397 e. The fourth-order valence-electron chi connectivity index (χ4n) is 3.72. The molecule has 0 aliphatic heterocycles. The third-order valence-corrected chi connectivity index (χ3v) is 6.52. The van der Waals surface area contributed by atoms with E-state index in [4.69, 9.17) is 10.7 Å². The average molecular weight is 453 g/mol. The molecule has 6 heterocycles. The van der Waals surface area contributed by atoms with Crippen molar-refractivity contribution in [3.05, 3.63) is 59.9 Å². The average Bonchev–Trinajstić information content (AvgIpc) is 3.55. The highest BCUT2D eigenvalue weighted by molar-refractivity contribution is 7.17. The standard InChI is InChI=1S/C23H16N8OS/c1-11(32)17-4-5-18(33-17)14-6-7-26-22-19(14)28-23(29-22)21-20-16(30-31-21)3-2-15(27-20)12-8-13(24)10-25-9-12/h2-10H,24H2,1H3,(H,30,31)(H,26,28,29). The number of rotatable bonds is 4. The Labute approximate surface area is 190 Å². The van der Waals surface area contributed by atoms with E-state index in [1.807, 2.05) is 36.4 Å². The third-order valence-electron chi connectivity index (χ3n) is 5.30. The second kappa shape index (κ2) is 7.31. The van der Waals surface area contributed by atoms with Gasteiger partial charge in [-0.15, -0.1) is 11.3 Å². The van der Waals surface area contributed by atoms with E-state index >= 15 is 0 Å². The fraction of sp³-hybridized carbons (Fsp3) is 0.0435. The molecule has 0 spiro atoms. The highest BCUT2D eigenvalue weighted by atomic mass is 32.1. The molecule has 0 saturated carbocycles. The van der Waals surface area contributed by atoms with E-state index in [9.17, 15) is 4.79 Å². The molecular weight excluding hydrogens is 436 g/mol. The quantitative estimate of drug-likeness (QED) is 0.335. The Morgan fingerprint density at radius 2 is 2.00 bits per heavy atom. The summed E-state index contributed by atoms with van der Waals surface area (Å²) in [5, 5.41) is 7.47. The van der Waals surface area contributed by atoms with Gasteiger partial charge in [-0.3, -0.25) is 14.9 Å². The maximum atomic E-state index is 11.7. The summed E-state index contributed by atoms with van der Waals surface area (Å²) in [6.45, 7) is 1.57. The number of H-pyrrole nitrogens is 2. The number of imidazole rings is 1. The highest BCUT2D eigenvalue weighted by Crippen LogP contribution is 2.34. The van der Waals surface area contributed by atoms with Crippen LogP contribution in [0.3, 0.4) is 0 Å². The molecule has 0 aromatic carbocycles. The van der Waals surface area contributed by atoms with Crippen molar-refractivity contribution in [2.75, 3.05) is 5.73 Å². The van der Waals surface area contributed by atoms with Crippen molar-refractivity contribution in [3.8, 4) is 33.2 Å². The van der Waals surface area contributed by atoms with Gasteiger partial charge in [0.25, 0.3) is 0 Å². The number of nitrogen functional groups attached to an aromatic ring is 1. The van der Waals surface area contributed by atoms with Gasteiger partial charge in [-0.2, -0.15) is 5.10 Å². The minimum atomic E-state index is 0.0436. The zero-order chi connectivity index (χ0) is 22.5. The van der Waals surface area contributed by atoms with Crippen molar-refractivity contribution < 1.29 is 4.79 Å². The molecule has 6 rings (SSSR count). The van der Waals surface area contributed by atoms with Gasteiger partial charge in [-0.25, -0.2) is 15.0 Å². The first-order valence-electron chi connectivity index (χ1n) is 10.1. The molecule has 10 heteroatoms. The second-order valence-electron chi connectivity index (χ2n) is 7.53. The lowest BCUT2D eigenvalue weighted by Gasteiger charge is -2.02. The van der Waals surface area contributed by atoms with E-state index < -0.39 is 0 Å². The van der Waals surface area contributed by atoms with Crippen LogP contribution in [0.5, 0.6) is 0 Å². The van der Waals surface area contributed by atoms with Gasteiger partial charge in [0.15, 0.2) is 22.9 Å². The summed E-state index contributed by atoms with van der Waals surface area (Å²) in [6, 6.07) is 11.3. The summed E-state index contributed by atoms with van der Waals surface area (Å²) in [5.41, 5.74) is 12.3. The molecule has 4 N–H and O–H groups in total. The third kappa shape index (κ3) is 3.24. The molecule has 6 aromatic heterocycles. The van der Waals surface area contributed by atoms with Gasteiger partial charge in [0.1, 0.15) is 5.52 Å². The molecule has 0 aliphatic rings. The van der Waals surface area contributed by atoms with Gasteiger partial charge in [-0.05, 0) is 43.3 Å². The Morgan fingerprint density at radius 1 is 1.09 bits per heavy atom. The number of nitrogens with zero attached hydrogens (tertiary/aromatic N) is 5. The van der Waals surface area contributed by atoms with Crippen LogP contribution in [-0.4, -0.2) is 40.9 Å². The summed E-state index contributed by atoms with van der Waals surface area (Å²) >= 11 is 1.44. The van der Waals surface area contributed by atoms with Gasteiger partial charge >= 0.3 is 0 Å². The molecule has 160 valence electrons. The highest BCUT2D eigenvalue weighted by Gasteiger charge is 2.18. The molecule has 0 bridgehead atoms. The number of Topliss-reactive ketones (excluding diaryl/α,β-unsaturated/α-hetero) is 1. The maximum Gasteiger partial charge on any atom is 0.178 e. The number of fused-ring (bicyclic) bond motifs is 2. The summed E-state index contributed by atoms with van der Waals surface area (Å²) in [4.78, 5) is 34.8. The number of hydrogen-bond acceptors (Lipinski definition) is 8. The molecule has 0 saturated heterocycles. The van der Waals surface area contributed by atoms with Crippen LogP contribution in [0, 0.1) is 0 Å². The lowest BCUT2D eigenvalue weighted by atomic mass is 10.1. The molecular formula is C23H16N8OS. The minimum absolute atomic E-state index is 0.0436. The van der Waals surface area contributed by atoms with Gasteiger partial charge in [-0.1, -0.05) is 0 Å². The number of hydrogen-bond donors (Lipinski definition) is 3. The number of carbonyl (C=O) groups is 1. The SMILES string of the molecule is CC(=O)c1ccc(-c2ccnc3nc(-c4n[nH]c5ccc(-c6cncc(N)c6)nc45)[nH]c23)s1. The lowest BCUT2D eigenvalue weighted by Crippen LogP contribution is -1.90. The smallest absolute Gasteiger partial charge is 0.178 e. The molecule has 0 unspecified atom stereocenters. The topological polar surface area (TPSA) is 139 Å². The van der Waals surface area contributed by atoms with E-state index in [2.05, 4.69) is 30.1 Å². The number of aromatic nitrogens is 7. The van der Waals surface area contributed by atoms with E-state index in [0.717, 1.165) is 32.7 Å². The normalized spacial score (nSPS) is 11.4. The van der Waals surface area contributed by atoms with Crippen molar-refractivity contribution in [3.63, 3.8) is 0 Å². The zero-order valence-corrected chi connectivity index (χ0v) is 18.1. The molecule has 0 fully saturated rings. The number of carbonyl (C=O) groups excluding carboxylic acids is 1. The first kappa shape index (κ1) is 19.3. The predicted molar refractivity (Wildman–Crippen MR) is 128 cm³/mol. The summed E-state index contributed by atoms with van der Waals surface area (Å²) in [6.07, 6.45) is 5.02. The van der Waals surface area contributed by atoms with Crippen LogP contribution >= 0.6 is 11.3 Å². The number of nitrogens with two attached hydrogens (primary N) is 1. The van der Waals surface area contributed by atoms with Gasteiger partial charge < -0.3 is 10.7 Å². The second-order valence-corrected chi connectivity index (χ2v) is 8.62. The largest absolute Gasteiger partial charge is 0.397 e. The summed E-state index contributed by atoms with van der Waals surface area (Å²) in [5.74, 6) is 0.594. The van der Waals surface area contributed by atoms with Crippen LogP contribution in [0.25, 0.3) is 55.4 Å². The van der Waals surface area contributed by atoms with Crippen molar-refractivity contribution in [2.24, 2.45) is 0 Å². The first-order chi connectivity index (χ1) is 16.1. The Balaban J connectivity index is 1.48. The fourth-order valence-corrected chi connectivity index (χ4v) is 4.66.